The predicted octanol–water partition coefficient (Wildman–Crippen LogP) is 4.35. The van der Waals surface area contributed by atoms with Gasteiger partial charge >= 0.3 is 0 Å². The predicted molar refractivity (Wildman–Crippen MR) is 75.7 cm³/mol. The number of aliphatic hydroxyl groups is 1. The van der Waals surface area contributed by atoms with Gasteiger partial charge in [-0.15, -0.1) is 0 Å². The average molecular weight is 361 g/mol. The van der Waals surface area contributed by atoms with Crippen LogP contribution in [0.3, 0.4) is 0 Å². The Morgan fingerprint density at radius 1 is 1.10 bits per heavy atom. The smallest absolute Gasteiger partial charge is 0.194 e. The summed E-state index contributed by atoms with van der Waals surface area (Å²) in [5.41, 5.74) is -0.0119. The van der Waals surface area contributed by atoms with Gasteiger partial charge in [0.2, 0.25) is 0 Å². The van der Waals surface area contributed by atoms with E-state index in [9.17, 15) is 18.3 Å². The number of rotatable bonds is 4. The molecular formula is C15H12BrF3O2. The van der Waals surface area contributed by atoms with Crippen LogP contribution >= 0.6 is 15.9 Å². The summed E-state index contributed by atoms with van der Waals surface area (Å²) >= 11 is 3.24. The van der Waals surface area contributed by atoms with E-state index in [4.69, 9.17) is 4.74 Å². The molecule has 0 aromatic heterocycles. The van der Waals surface area contributed by atoms with Gasteiger partial charge in [0.1, 0.15) is 11.9 Å². The highest BCUT2D eigenvalue weighted by atomic mass is 79.9. The molecule has 0 radical (unpaired) electrons. The fourth-order valence-corrected chi connectivity index (χ4v) is 2.48. The van der Waals surface area contributed by atoms with Gasteiger partial charge in [0.15, 0.2) is 17.5 Å². The molecule has 0 aliphatic carbocycles. The Morgan fingerprint density at radius 2 is 1.76 bits per heavy atom. The lowest BCUT2D eigenvalue weighted by Gasteiger charge is -2.15. The van der Waals surface area contributed by atoms with Gasteiger partial charge in [-0.3, -0.25) is 0 Å². The second kappa shape index (κ2) is 6.49. The summed E-state index contributed by atoms with van der Waals surface area (Å²) in [5, 5.41) is 10.2. The molecule has 1 N–H and O–H groups in total. The highest BCUT2D eigenvalue weighted by Gasteiger charge is 2.22. The SMILES string of the molecule is CCOc1ccc(C(O)c2ccc(F)c(F)c2F)c(Br)c1. The lowest BCUT2D eigenvalue weighted by molar-refractivity contribution is 0.211. The number of hydrogen-bond donors (Lipinski definition) is 1. The van der Waals surface area contributed by atoms with Crippen molar-refractivity contribution in [3.8, 4) is 5.75 Å². The summed E-state index contributed by atoms with van der Waals surface area (Å²) in [6.45, 7) is 2.31. The fraction of sp³-hybridized carbons (Fsp3) is 0.200. The quantitative estimate of drug-likeness (QED) is 0.821. The van der Waals surface area contributed by atoms with Crippen molar-refractivity contribution in [1.29, 1.82) is 0 Å². The molecule has 0 bridgehead atoms. The molecule has 0 aliphatic heterocycles. The van der Waals surface area contributed by atoms with E-state index in [1.165, 1.54) is 6.07 Å². The lowest BCUT2D eigenvalue weighted by atomic mass is 10.0. The van der Waals surface area contributed by atoms with Crippen LogP contribution in [-0.2, 0) is 0 Å². The standard InChI is InChI=1S/C15H12BrF3O2/c1-2-21-8-3-4-9(11(16)7-8)15(20)10-5-6-12(17)14(19)13(10)18/h3-7,15,20H,2H2,1H3. The minimum atomic E-state index is -1.60. The van der Waals surface area contributed by atoms with Crippen LogP contribution in [0.15, 0.2) is 34.8 Å². The Hall–Kier alpha value is -1.53. The third-order valence-corrected chi connectivity index (χ3v) is 3.62. The number of aliphatic hydroxyl groups excluding tert-OH is 1. The van der Waals surface area contributed by atoms with Crippen molar-refractivity contribution in [3.05, 3.63) is 63.4 Å². The Labute approximate surface area is 128 Å². The van der Waals surface area contributed by atoms with Crippen molar-refractivity contribution in [3.63, 3.8) is 0 Å². The van der Waals surface area contributed by atoms with Crippen LogP contribution in [0.5, 0.6) is 5.75 Å². The Morgan fingerprint density at radius 3 is 2.38 bits per heavy atom. The van der Waals surface area contributed by atoms with E-state index < -0.39 is 23.6 Å². The van der Waals surface area contributed by atoms with Gasteiger partial charge in [-0.2, -0.15) is 0 Å². The topological polar surface area (TPSA) is 29.5 Å². The van der Waals surface area contributed by atoms with Gasteiger partial charge in [0.05, 0.1) is 6.61 Å². The second-order valence-corrected chi connectivity index (χ2v) is 5.14. The van der Waals surface area contributed by atoms with Gasteiger partial charge in [-0.05, 0) is 30.7 Å². The van der Waals surface area contributed by atoms with Gasteiger partial charge < -0.3 is 9.84 Å². The van der Waals surface area contributed by atoms with Crippen LogP contribution in [-0.4, -0.2) is 11.7 Å². The molecule has 0 fully saturated rings. The molecule has 0 saturated carbocycles. The van der Waals surface area contributed by atoms with Crippen LogP contribution in [0.4, 0.5) is 13.2 Å². The first-order valence-corrected chi connectivity index (χ1v) is 6.98. The van der Waals surface area contributed by atoms with E-state index >= 15 is 0 Å². The summed E-state index contributed by atoms with van der Waals surface area (Å²) in [7, 11) is 0. The highest BCUT2D eigenvalue weighted by molar-refractivity contribution is 9.10. The summed E-state index contributed by atoms with van der Waals surface area (Å²) in [4.78, 5) is 0. The molecule has 0 aliphatic rings. The third-order valence-electron chi connectivity index (χ3n) is 2.94. The number of halogens is 4. The monoisotopic (exact) mass is 360 g/mol. The highest BCUT2D eigenvalue weighted by Crippen LogP contribution is 2.33. The zero-order chi connectivity index (χ0) is 15.6. The summed E-state index contributed by atoms with van der Waals surface area (Å²) in [5.74, 6) is -3.72. The van der Waals surface area contributed by atoms with E-state index in [1.807, 2.05) is 6.92 Å². The second-order valence-electron chi connectivity index (χ2n) is 4.28. The largest absolute Gasteiger partial charge is 0.494 e. The number of hydrogen-bond acceptors (Lipinski definition) is 2. The first-order valence-electron chi connectivity index (χ1n) is 6.19. The Kier molecular flexibility index (Phi) is 4.90. The van der Waals surface area contributed by atoms with Gasteiger partial charge in [-0.25, -0.2) is 13.2 Å². The van der Waals surface area contributed by atoms with E-state index in [0.717, 1.165) is 12.1 Å². The van der Waals surface area contributed by atoms with Crippen molar-refractivity contribution < 1.29 is 23.0 Å². The molecule has 2 aromatic carbocycles. The maximum Gasteiger partial charge on any atom is 0.194 e. The van der Waals surface area contributed by atoms with Crippen LogP contribution in [0.25, 0.3) is 0 Å². The van der Waals surface area contributed by atoms with Gasteiger partial charge in [0, 0.05) is 10.0 Å². The third kappa shape index (κ3) is 3.22. The van der Waals surface area contributed by atoms with E-state index in [1.54, 1.807) is 12.1 Å². The molecule has 0 saturated heterocycles. The van der Waals surface area contributed by atoms with Gasteiger partial charge in [0.25, 0.3) is 0 Å². The van der Waals surface area contributed by atoms with Crippen molar-refractivity contribution in [2.45, 2.75) is 13.0 Å². The molecule has 0 spiro atoms. The molecule has 1 unspecified atom stereocenters. The molecule has 0 amide bonds. The summed E-state index contributed by atoms with van der Waals surface area (Å²) in [6, 6.07) is 6.53. The van der Waals surface area contributed by atoms with Crippen LogP contribution in [0.2, 0.25) is 0 Å². The fourth-order valence-electron chi connectivity index (χ4n) is 1.91. The molecule has 2 nitrogen and oxygen atoms in total. The van der Waals surface area contributed by atoms with Gasteiger partial charge in [-0.1, -0.05) is 28.1 Å². The van der Waals surface area contributed by atoms with Crippen molar-refractivity contribution >= 4 is 15.9 Å². The molecular weight excluding hydrogens is 349 g/mol. The maximum absolute atomic E-state index is 13.7. The van der Waals surface area contributed by atoms with Crippen LogP contribution in [0, 0.1) is 17.5 Å². The molecule has 2 rings (SSSR count). The number of benzene rings is 2. The van der Waals surface area contributed by atoms with E-state index in [0.29, 0.717) is 22.4 Å². The molecule has 112 valence electrons. The maximum atomic E-state index is 13.7. The van der Waals surface area contributed by atoms with Crippen molar-refractivity contribution in [2.24, 2.45) is 0 Å². The van der Waals surface area contributed by atoms with Crippen molar-refractivity contribution in [1.82, 2.24) is 0 Å². The molecule has 1 atom stereocenters. The summed E-state index contributed by atoms with van der Waals surface area (Å²) < 4.78 is 45.6. The van der Waals surface area contributed by atoms with E-state index in [-0.39, 0.29) is 5.56 Å². The minimum Gasteiger partial charge on any atom is -0.494 e. The first kappa shape index (κ1) is 15.9. The molecule has 6 heteroatoms. The number of ether oxygens (including phenoxy) is 1. The van der Waals surface area contributed by atoms with Crippen molar-refractivity contribution in [2.75, 3.05) is 6.61 Å². The lowest BCUT2D eigenvalue weighted by Crippen LogP contribution is -2.06. The molecule has 2 aromatic rings. The summed E-state index contributed by atoms with van der Waals surface area (Å²) in [6.07, 6.45) is -1.43. The minimum absolute atomic E-state index is 0.323. The Balaban J connectivity index is 2.40. The normalized spacial score (nSPS) is 12.3. The molecule has 21 heavy (non-hydrogen) atoms. The van der Waals surface area contributed by atoms with E-state index in [2.05, 4.69) is 15.9 Å². The molecule has 0 heterocycles. The zero-order valence-corrected chi connectivity index (χ0v) is 12.6. The first-order chi connectivity index (χ1) is 9.95. The average Bonchev–Trinajstić information content (AvgIpc) is 2.45. The van der Waals surface area contributed by atoms with Crippen LogP contribution in [0.1, 0.15) is 24.2 Å². The zero-order valence-electron chi connectivity index (χ0n) is 11.0. The Bertz CT molecular complexity index is 662. The van der Waals surface area contributed by atoms with Crippen LogP contribution < -0.4 is 4.74 Å².